The lowest BCUT2D eigenvalue weighted by molar-refractivity contribution is 0.255. The summed E-state index contributed by atoms with van der Waals surface area (Å²) in [6, 6.07) is 3.65. The van der Waals surface area contributed by atoms with Crippen LogP contribution in [0.4, 0.5) is 0 Å². The molecule has 0 spiro atoms. The van der Waals surface area contributed by atoms with Crippen LogP contribution in [0.15, 0.2) is 27.1 Å². The monoisotopic (exact) mass is 390 g/mol. The second-order valence-electron chi connectivity index (χ2n) is 6.53. The molecule has 0 fully saturated rings. The third-order valence-electron chi connectivity index (χ3n) is 5.07. The van der Waals surface area contributed by atoms with Crippen molar-refractivity contribution >= 4 is 29.2 Å². The molecule has 0 radical (unpaired) electrons. The molecule has 1 aliphatic rings. The molecule has 6 heteroatoms. The zero-order valence-corrected chi connectivity index (χ0v) is 17.6. The molecule has 0 saturated carbocycles. The van der Waals surface area contributed by atoms with Crippen molar-refractivity contribution in [3.8, 4) is 0 Å². The van der Waals surface area contributed by atoms with Crippen molar-refractivity contribution in [1.82, 2.24) is 0 Å². The summed E-state index contributed by atoms with van der Waals surface area (Å²) in [6.07, 6.45) is 2.68. The Bertz CT molecular complexity index is 1020. The number of allylic oxidation sites excluding steroid dienone is 2. The number of hydrogen-bond acceptors (Lipinski definition) is 5. The lowest BCUT2D eigenvalue weighted by Crippen LogP contribution is -2.22. The Morgan fingerprint density at radius 3 is 2.26 bits per heavy atom. The molecular formula is C21H27O5P. The maximum absolute atomic E-state index is 13.6. The Kier molecular flexibility index (Phi) is 5.64. The largest absolute Gasteiger partial charge is 0.427 e. The van der Waals surface area contributed by atoms with Crippen molar-refractivity contribution in [3.63, 3.8) is 0 Å². The second-order valence-corrected chi connectivity index (χ2v) is 8.45. The molecule has 0 bridgehead atoms. The van der Waals surface area contributed by atoms with E-state index in [0.717, 1.165) is 28.5 Å². The smallest absolute Gasteiger partial charge is 0.411 e. The lowest BCUT2D eigenvalue weighted by atomic mass is 9.95. The highest BCUT2D eigenvalue weighted by molar-refractivity contribution is 7.62. The standard InChI is InChI=1S/C21H27O5P/c1-6-13-15-12-20-16(11-17(15)21(22)25-18(13)8-3)14(7-2)19(9-4)26-27(20,23)24-10-5/h11-12H,6-10H2,1-5H3. The van der Waals surface area contributed by atoms with Gasteiger partial charge in [0.05, 0.1) is 17.3 Å². The zero-order chi connectivity index (χ0) is 19.8. The van der Waals surface area contributed by atoms with Gasteiger partial charge in [-0.05, 0) is 54.0 Å². The fourth-order valence-electron chi connectivity index (χ4n) is 3.86. The normalized spacial score (nSPS) is 19.3. The van der Waals surface area contributed by atoms with Crippen LogP contribution in [0, 0.1) is 0 Å². The van der Waals surface area contributed by atoms with Crippen LogP contribution in [0.3, 0.4) is 0 Å². The first-order valence-corrected chi connectivity index (χ1v) is 11.3. The van der Waals surface area contributed by atoms with Gasteiger partial charge in [0.15, 0.2) is 0 Å². The van der Waals surface area contributed by atoms with Gasteiger partial charge < -0.3 is 8.94 Å². The highest BCUT2D eigenvalue weighted by atomic mass is 31.2. The van der Waals surface area contributed by atoms with Gasteiger partial charge in [0.25, 0.3) is 0 Å². The van der Waals surface area contributed by atoms with E-state index in [4.69, 9.17) is 13.5 Å². The average Bonchev–Trinajstić information content (AvgIpc) is 2.67. The first kappa shape index (κ1) is 19.9. The Labute approximate surface area is 159 Å². The van der Waals surface area contributed by atoms with Crippen LogP contribution in [0.2, 0.25) is 0 Å². The van der Waals surface area contributed by atoms with Gasteiger partial charge in [-0.15, -0.1) is 0 Å². The summed E-state index contributed by atoms with van der Waals surface area (Å²) in [5, 5.41) is 1.85. The summed E-state index contributed by atoms with van der Waals surface area (Å²) >= 11 is 0. The maximum Gasteiger partial charge on any atom is 0.411 e. The molecule has 1 atom stereocenters. The molecule has 0 aliphatic carbocycles. The van der Waals surface area contributed by atoms with E-state index in [1.807, 2.05) is 39.8 Å². The molecule has 1 aromatic heterocycles. The van der Waals surface area contributed by atoms with Crippen molar-refractivity contribution in [2.75, 3.05) is 6.61 Å². The number of fused-ring (bicyclic) bond motifs is 2. The Morgan fingerprint density at radius 1 is 0.963 bits per heavy atom. The molecule has 0 N–H and O–H groups in total. The first-order valence-electron chi connectivity index (χ1n) is 9.73. The fraction of sp³-hybridized carbons (Fsp3) is 0.476. The second kappa shape index (κ2) is 7.65. The topological polar surface area (TPSA) is 65.7 Å². The number of rotatable bonds is 6. The van der Waals surface area contributed by atoms with Gasteiger partial charge in [-0.2, -0.15) is 0 Å². The number of hydrogen-bond donors (Lipinski definition) is 0. The molecule has 2 heterocycles. The van der Waals surface area contributed by atoms with E-state index in [1.165, 1.54) is 0 Å². The predicted octanol–water partition coefficient (Wildman–Crippen LogP) is 5.33. The third kappa shape index (κ3) is 3.17. The Morgan fingerprint density at radius 2 is 1.70 bits per heavy atom. The van der Waals surface area contributed by atoms with E-state index in [1.54, 1.807) is 6.92 Å². The molecule has 1 aliphatic heterocycles. The van der Waals surface area contributed by atoms with Crippen molar-refractivity contribution in [2.45, 2.75) is 60.3 Å². The van der Waals surface area contributed by atoms with Crippen LogP contribution in [0.5, 0.6) is 0 Å². The predicted molar refractivity (Wildman–Crippen MR) is 109 cm³/mol. The average molecular weight is 390 g/mol. The first-order chi connectivity index (χ1) is 12.9. The van der Waals surface area contributed by atoms with Gasteiger partial charge in [-0.1, -0.05) is 27.7 Å². The van der Waals surface area contributed by atoms with Gasteiger partial charge >= 0.3 is 13.2 Å². The molecule has 1 unspecified atom stereocenters. The Hall–Kier alpha value is -1.84. The quantitative estimate of drug-likeness (QED) is 0.624. The van der Waals surface area contributed by atoms with E-state index in [-0.39, 0.29) is 12.2 Å². The van der Waals surface area contributed by atoms with Gasteiger partial charge in [-0.3, -0.25) is 4.52 Å². The van der Waals surface area contributed by atoms with Crippen LogP contribution < -0.4 is 10.9 Å². The van der Waals surface area contributed by atoms with Crippen LogP contribution in [0.1, 0.15) is 64.3 Å². The van der Waals surface area contributed by atoms with Gasteiger partial charge in [0, 0.05) is 12.8 Å². The molecule has 3 rings (SSSR count). The van der Waals surface area contributed by atoms with Crippen molar-refractivity contribution < 1.29 is 18.0 Å². The fourth-order valence-corrected chi connectivity index (χ4v) is 5.80. The molecule has 5 nitrogen and oxygen atoms in total. The van der Waals surface area contributed by atoms with Gasteiger partial charge in [0.2, 0.25) is 0 Å². The molecule has 0 saturated heterocycles. The SMILES string of the molecule is CCOP1(=O)OC(CC)=C(CC)c2cc3c(=O)oc(CC)c(CC)c3cc21. The van der Waals surface area contributed by atoms with Crippen LogP contribution in [-0.2, 0) is 26.5 Å². The van der Waals surface area contributed by atoms with E-state index in [9.17, 15) is 9.36 Å². The molecule has 27 heavy (non-hydrogen) atoms. The summed E-state index contributed by atoms with van der Waals surface area (Å²) in [4.78, 5) is 12.6. The minimum absolute atomic E-state index is 0.283. The van der Waals surface area contributed by atoms with E-state index in [2.05, 4.69) is 0 Å². The summed E-state index contributed by atoms with van der Waals surface area (Å²) in [5.74, 6) is 1.35. The van der Waals surface area contributed by atoms with Crippen LogP contribution >= 0.6 is 7.60 Å². The highest BCUT2D eigenvalue weighted by Gasteiger charge is 2.38. The van der Waals surface area contributed by atoms with Crippen molar-refractivity contribution in [1.29, 1.82) is 0 Å². The highest BCUT2D eigenvalue weighted by Crippen LogP contribution is 2.55. The summed E-state index contributed by atoms with van der Waals surface area (Å²) in [5.41, 5.74) is 2.37. The maximum atomic E-state index is 13.6. The van der Waals surface area contributed by atoms with Gasteiger partial charge in [-0.25, -0.2) is 9.36 Å². The Balaban J connectivity index is 2.46. The molecule has 1 aromatic carbocycles. The van der Waals surface area contributed by atoms with E-state index >= 15 is 0 Å². The molecular weight excluding hydrogens is 363 g/mol. The summed E-state index contributed by atoms with van der Waals surface area (Å²) < 4.78 is 30.7. The number of benzene rings is 1. The van der Waals surface area contributed by atoms with Crippen LogP contribution in [0.25, 0.3) is 16.3 Å². The van der Waals surface area contributed by atoms with Crippen LogP contribution in [-0.4, -0.2) is 6.61 Å². The van der Waals surface area contributed by atoms with E-state index < -0.39 is 7.60 Å². The third-order valence-corrected chi connectivity index (χ3v) is 7.09. The van der Waals surface area contributed by atoms with E-state index in [0.29, 0.717) is 41.5 Å². The number of aryl methyl sites for hydroxylation is 2. The minimum atomic E-state index is -3.49. The molecule has 0 amide bonds. The van der Waals surface area contributed by atoms with Gasteiger partial charge in [0.1, 0.15) is 11.5 Å². The van der Waals surface area contributed by atoms with Crippen molar-refractivity contribution in [2.24, 2.45) is 0 Å². The summed E-state index contributed by atoms with van der Waals surface area (Å²) in [7, 11) is -3.49. The molecule has 2 aromatic rings. The zero-order valence-electron chi connectivity index (χ0n) is 16.7. The summed E-state index contributed by atoms with van der Waals surface area (Å²) in [6.45, 7) is 10.1. The lowest BCUT2D eigenvalue weighted by Gasteiger charge is -2.30. The minimum Gasteiger partial charge on any atom is -0.427 e. The molecule has 146 valence electrons. The van der Waals surface area contributed by atoms with Crippen molar-refractivity contribution in [3.05, 3.63) is 45.2 Å².